The zero-order chi connectivity index (χ0) is 21.5. The summed E-state index contributed by atoms with van der Waals surface area (Å²) in [7, 11) is 1.59. The van der Waals surface area contributed by atoms with Gasteiger partial charge in [-0.05, 0) is 23.3 Å². The van der Waals surface area contributed by atoms with Gasteiger partial charge in [-0.25, -0.2) is 0 Å². The highest BCUT2D eigenvalue weighted by atomic mass is 16.5. The zero-order valence-electron chi connectivity index (χ0n) is 17.0. The number of fused-ring (bicyclic) bond motifs is 1. The minimum atomic E-state index is -0.778. The van der Waals surface area contributed by atoms with E-state index in [4.69, 9.17) is 4.74 Å². The van der Waals surface area contributed by atoms with Crippen LogP contribution in [0.25, 0.3) is 0 Å². The summed E-state index contributed by atoms with van der Waals surface area (Å²) in [4.78, 5) is 40.7. The molecule has 2 aliphatic carbocycles. The summed E-state index contributed by atoms with van der Waals surface area (Å²) in [6.07, 6.45) is 0.182. The van der Waals surface area contributed by atoms with Crippen LogP contribution in [0.1, 0.15) is 50.1 Å². The van der Waals surface area contributed by atoms with E-state index in [1.165, 1.54) is 0 Å². The van der Waals surface area contributed by atoms with E-state index in [1.54, 1.807) is 31.4 Å². The summed E-state index contributed by atoms with van der Waals surface area (Å²) in [5, 5.41) is 0. The molecule has 2 atom stereocenters. The van der Waals surface area contributed by atoms with E-state index in [1.807, 2.05) is 54.6 Å². The van der Waals surface area contributed by atoms with Gasteiger partial charge in [-0.3, -0.25) is 14.4 Å². The van der Waals surface area contributed by atoms with E-state index in [9.17, 15) is 14.4 Å². The number of carbonyl (C=O) groups is 3. The Bertz CT molecular complexity index is 1240. The van der Waals surface area contributed by atoms with Gasteiger partial charge in [0.1, 0.15) is 5.75 Å². The van der Waals surface area contributed by atoms with Crippen molar-refractivity contribution in [2.75, 3.05) is 7.11 Å². The second-order valence-corrected chi connectivity index (χ2v) is 7.86. The van der Waals surface area contributed by atoms with Crippen molar-refractivity contribution in [2.24, 2.45) is 0 Å². The van der Waals surface area contributed by atoms with E-state index in [0.717, 1.165) is 11.1 Å². The topological polar surface area (TPSA) is 60.4 Å². The smallest absolute Gasteiger partial charge is 0.190 e. The van der Waals surface area contributed by atoms with E-state index in [2.05, 4.69) is 0 Å². The number of rotatable bonds is 3. The van der Waals surface area contributed by atoms with Gasteiger partial charge in [0.2, 0.25) is 0 Å². The van der Waals surface area contributed by atoms with Crippen LogP contribution >= 0.6 is 0 Å². The highest BCUT2D eigenvalue weighted by Gasteiger charge is 2.46. The molecule has 0 radical (unpaired) electrons. The first kappa shape index (κ1) is 19.2. The lowest BCUT2D eigenvalue weighted by Crippen LogP contribution is -2.18. The van der Waals surface area contributed by atoms with E-state index in [-0.39, 0.29) is 29.7 Å². The van der Waals surface area contributed by atoms with Crippen LogP contribution in [0.15, 0.2) is 90.0 Å². The molecule has 0 aromatic heterocycles. The normalized spacial score (nSPS) is 20.4. The standard InChI is InChI=1S/C27H20O4/c1-31-18-13-11-16(12-14-18)21-15-22(28)25-23(17-7-3-2-4-8-17)26(29)19-9-5-6-10-20(19)27(30)24(21)25/h2-14,21,23H,15H2,1H3/t21-,23+/m0/s1. The van der Waals surface area contributed by atoms with Crippen molar-refractivity contribution in [3.63, 3.8) is 0 Å². The molecule has 0 heterocycles. The molecule has 31 heavy (non-hydrogen) atoms. The first-order valence-electron chi connectivity index (χ1n) is 10.2. The van der Waals surface area contributed by atoms with Crippen molar-refractivity contribution in [3.05, 3.63) is 112 Å². The highest BCUT2D eigenvalue weighted by Crippen LogP contribution is 2.47. The molecule has 3 aromatic rings. The van der Waals surface area contributed by atoms with E-state index < -0.39 is 5.92 Å². The van der Waals surface area contributed by atoms with Crippen molar-refractivity contribution in [1.29, 1.82) is 0 Å². The summed E-state index contributed by atoms with van der Waals surface area (Å²) in [5.74, 6) is -1.03. The SMILES string of the molecule is COc1ccc([C@@H]2CC(=O)C3=C2C(=O)c2ccccc2C(=O)[C@@H]3c2ccccc2)cc1. The summed E-state index contributed by atoms with van der Waals surface area (Å²) >= 11 is 0. The van der Waals surface area contributed by atoms with Gasteiger partial charge in [-0.15, -0.1) is 0 Å². The minimum Gasteiger partial charge on any atom is -0.497 e. The molecule has 3 aromatic carbocycles. The summed E-state index contributed by atoms with van der Waals surface area (Å²) in [6.45, 7) is 0. The summed E-state index contributed by atoms with van der Waals surface area (Å²) < 4.78 is 5.25. The van der Waals surface area contributed by atoms with E-state index >= 15 is 0 Å². The molecule has 5 rings (SSSR count). The van der Waals surface area contributed by atoms with Crippen molar-refractivity contribution >= 4 is 17.3 Å². The van der Waals surface area contributed by atoms with Gasteiger partial charge < -0.3 is 4.74 Å². The Morgan fingerprint density at radius 1 is 0.710 bits per heavy atom. The van der Waals surface area contributed by atoms with E-state index in [0.29, 0.717) is 28.0 Å². The van der Waals surface area contributed by atoms with Gasteiger partial charge in [0.15, 0.2) is 17.3 Å². The molecule has 0 bridgehead atoms. The van der Waals surface area contributed by atoms with Crippen LogP contribution in [0.5, 0.6) is 5.75 Å². The van der Waals surface area contributed by atoms with Gasteiger partial charge in [0.05, 0.1) is 13.0 Å². The molecular weight excluding hydrogens is 388 g/mol. The van der Waals surface area contributed by atoms with Crippen LogP contribution in [0.2, 0.25) is 0 Å². The first-order chi connectivity index (χ1) is 15.1. The van der Waals surface area contributed by atoms with Crippen molar-refractivity contribution in [3.8, 4) is 5.75 Å². The fourth-order valence-electron chi connectivity index (χ4n) is 4.74. The zero-order valence-corrected chi connectivity index (χ0v) is 17.0. The molecule has 4 nitrogen and oxygen atoms in total. The Morgan fingerprint density at radius 2 is 1.35 bits per heavy atom. The third-order valence-corrected chi connectivity index (χ3v) is 6.21. The molecule has 0 spiro atoms. The maximum Gasteiger partial charge on any atom is 0.190 e. The first-order valence-corrected chi connectivity index (χ1v) is 10.2. The Labute approximate surface area is 180 Å². The Kier molecular flexibility index (Phi) is 4.63. The quantitative estimate of drug-likeness (QED) is 0.618. The monoisotopic (exact) mass is 408 g/mol. The maximum absolute atomic E-state index is 13.7. The minimum absolute atomic E-state index is 0.140. The van der Waals surface area contributed by atoms with Gasteiger partial charge in [0.25, 0.3) is 0 Å². The summed E-state index contributed by atoms with van der Waals surface area (Å²) in [5.41, 5.74) is 3.13. The molecule has 0 unspecified atom stereocenters. The highest BCUT2D eigenvalue weighted by molar-refractivity contribution is 6.27. The maximum atomic E-state index is 13.7. The fraction of sp³-hybridized carbons (Fsp3) is 0.148. The fourth-order valence-corrected chi connectivity index (χ4v) is 4.74. The Balaban J connectivity index is 1.76. The molecule has 0 N–H and O–H groups in total. The molecule has 4 heteroatoms. The number of hydrogen-bond acceptors (Lipinski definition) is 4. The third kappa shape index (κ3) is 3.03. The Morgan fingerprint density at radius 3 is 2.03 bits per heavy atom. The molecular formula is C27H20O4. The molecule has 2 aliphatic rings. The number of methoxy groups -OCH3 is 1. The van der Waals surface area contributed by atoms with Crippen LogP contribution in [0, 0.1) is 0 Å². The van der Waals surface area contributed by atoms with Gasteiger partial charge in [-0.2, -0.15) is 0 Å². The lowest BCUT2D eigenvalue weighted by atomic mass is 9.83. The van der Waals surface area contributed by atoms with Crippen LogP contribution in [-0.4, -0.2) is 24.5 Å². The predicted octanol–water partition coefficient (Wildman–Crippen LogP) is 4.91. The van der Waals surface area contributed by atoms with Crippen LogP contribution < -0.4 is 4.74 Å². The number of ketones is 3. The number of Topliss-reactive ketones (excluding diaryl/α,β-unsaturated/α-hetero) is 3. The third-order valence-electron chi connectivity index (χ3n) is 6.21. The number of benzene rings is 3. The average Bonchev–Trinajstić information content (AvgIpc) is 3.11. The van der Waals surface area contributed by atoms with Gasteiger partial charge >= 0.3 is 0 Å². The van der Waals surface area contributed by atoms with Gasteiger partial charge in [0, 0.05) is 34.6 Å². The molecule has 0 aliphatic heterocycles. The Hall–Kier alpha value is -3.79. The van der Waals surface area contributed by atoms with Crippen LogP contribution in [-0.2, 0) is 4.79 Å². The second kappa shape index (κ2) is 7.47. The van der Waals surface area contributed by atoms with Crippen LogP contribution in [0.3, 0.4) is 0 Å². The number of hydrogen-bond donors (Lipinski definition) is 0. The lowest BCUT2D eigenvalue weighted by Gasteiger charge is -2.17. The van der Waals surface area contributed by atoms with Gasteiger partial charge in [-0.1, -0.05) is 66.7 Å². The molecule has 0 saturated carbocycles. The molecule has 0 amide bonds. The van der Waals surface area contributed by atoms with Crippen molar-refractivity contribution in [2.45, 2.75) is 18.3 Å². The number of ether oxygens (including phenoxy) is 1. The number of allylic oxidation sites excluding steroid dienone is 2. The van der Waals surface area contributed by atoms with Crippen molar-refractivity contribution in [1.82, 2.24) is 0 Å². The van der Waals surface area contributed by atoms with Crippen molar-refractivity contribution < 1.29 is 19.1 Å². The average molecular weight is 408 g/mol. The summed E-state index contributed by atoms with van der Waals surface area (Å²) in [6, 6.07) is 23.6. The molecule has 0 saturated heterocycles. The number of carbonyl (C=O) groups excluding carboxylic acids is 3. The largest absolute Gasteiger partial charge is 0.497 e. The van der Waals surface area contributed by atoms with Crippen LogP contribution in [0.4, 0.5) is 0 Å². The molecule has 0 fully saturated rings. The lowest BCUT2D eigenvalue weighted by molar-refractivity contribution is -0.115. The predicted molar refractivity (Wildman–Crippen MR) is 117 cm³/mol. The second-order valence-electron chi connectivity index (χ2n) is 7.86. The molecule has 152 valence electrons.